The Morgan fingerprint density at radius 2 is 1.56 bits per heavy atom. The zero-order chi connectivity index (χ0) is 18.7. The summed E-state index contributed by atoms with van der Waals surface area (Å²) in [6.07, 6.45) is 2.38. The van der Waals surface area contributed by atoms with Crippen LogP contribution in [-0.4, -0.2) is 20.2 Å². The van der Waals surface area contributed by atoms with Gasteiger partial charge < -0.3 is 14.3 Å². The van der Waals surface area contributed by atoms with Gasteiger partial charge >= 0.3 is 0 Å². The number of carbonyl (C=O) groups is 2. The molecule has 1 saturated carbocycles. The largest absolute Gasteiger partial charge is 0.377 e. The van der Waals surface area contributed by atoms with Crippen molar-refractivity contribution in [1.82, 2.24) is 0 Å². The van der Waals surface area contributed by atoms with Gasteiger partial charge in [0, 0.05) is 13.0 Å². The third-order valence-electron chi connectivity index (χ3n) is 4.70. The lowest BCUT2D eigenvalue weighted by atomic mass is 9.63. The Bertz CT molecular complexity index is 597. The zero-order valence-electron chi connectivity index (χ0n) is 15.3. The number of hydrogen-bond donors (Lipinski definition) is 0. The molecule has 0 aromatic heterocycles. The Kier molecular flexibility index (Phi) is 9.41. The van der Waals surface area contributed by atoms with Crippen LogP contribution in [0.25, 0.3) is 0 Å². The lowest BCUT2D eigenvalue weighted by Crippen LogP contribution is -2.33. The summed E-state index contributed by atoms with van der Waals surface area (Å²) >= 11 is 0. The van der Waals surface area contributed by atoms with E-state index < -0.39 is 0 Å². The van der Waals surface area contributed by atoms with Gasteiger partial charge in [0.25, 0.3) is 0 Å². The summed E-state index contributed by atoms with van der Waals surface area (Å²) in [5.41, 5.74) is 2.54. The van der Waals surface area contributed by atoms with Gasteiger partial charge in [-0.15, -0.1) is 0 Å². The highest BCUT2D eigenvalue weighted by molar-refractivity contribution is 5.58. The van der Waals surface area contributed by atoms with E-state index in [-0.39, 0.29) is 12.0 Å². The lowest BCUT2D eigenvalue weighted by molar-refractivity contribution is -0.115. The molecule has 134 valence electrons. The fraction of sp³-hybridized carbons (Fsp3) is 0.364. The number of benzene rings is 2. The molecule has 3 nitrogen and oxygen atoms in total. The molecule has 25 heavy (non-hydrogen) atoms. The van der Waals surface area contributed by atoms with E-state index in [0.717, 1.165) is 12.7 Å². The fourth-order valence-corrected chi connectivity index (χ4v) is 3.20. The Labute approximate surface area is 151 Å². The molecule has 3 rings (SSSR count). The Hall–Kier alpha value is -2.26. The standard InChI is InChI=1S/C12H14O.C9H12O.CH2O/c1-9-7-11(8-13)12(9)10-5-3-2-4-6-10;1-8(10-2)9-6-4-3-5-7-9;1-2/h2-6,8-9,11-12H,7H2,1H3;3-8H,1-2H3;1H2/t9-,11-,12?;;/m1../s1. The minimum absolute atomic E-state index is 0.209. The molecule has 3 heteroatoms. The van der Waals surface area contributed by atoms with Crippen molar-refractivity contribution in [2.75, 3.05) is 7.11 Å². The summed E-state index contributed by atoms with van der Waals surface area (Å²) in [5, 5.41) is 0. The van der Waals surface area contributed by atoms with Gasteiger partial charge in [-0.1, -0.05) is 67.6 Å². The van der Waals surface area contributed by atoms with Crippen LogP contribution in [0.3, 0.4) is 0 Å². The van der Waals surface area contributed by atoms with Crippen molar-refractivity contribution in [2.24, 2.45) is 11.8 Å². The average molecular weight is 340 g/mol. The summed E-state index contributed by atoms with van der Waals surface area (Å²) in [7, 11) is 1.72. The second kappa shape index (κ2) is 11.3. The van der Waals surface area contributed by atoms with Crippen molar-refractivity contribution in [2.45, 2.75) is 32.3 Å². The number of aldehydes is 1. The van der Waals surface area contributed by atoms with Crippen LogP contribution in [0.2, 0.25) is 0 Å². The highest BCUT2D eigenvalue weighted by Crippen LogP contribution is 2.46. The van der Waals surface area contributed by atoms with Crippen molar-refractivity contribution in [3.8, 4) is 0 Å². The zero-order valence-corrected chi connectivity index (χ0v) is 15.3. The second-order valence-electron chi connectivity index (χ2n) is 6.24. The molecule has 0 spiro atoms. The highest BCUT2D eigenvalue weighted by atomic mass is 16.5. The van der Waals surface area contributed by atoms with Crippen LogP contribution in [0.5, 0.6) is 0 Å². The SMILES string of the molecule is C=O.COC(C)c1ccccc1.C[C@@H]1C[C@H](C=O)C1c1ccccc1. The molecule has 0 radical (unpaired) electrons. The first-order valence-electron chi connectivity index (χ1n) is 8.54. The third kappa shape index (κ3) is 5.95. The molecule has 1 fully saturated rings. The molecule has 1 aliphatic carbocycles. The molecule has 1 aliphatic rings. The molecule has 0 saturated heterocycles. The number of rotatable bonds is 4. The number of ether oxygens (including phenoxy) is 1. The van der Waals surface area contributed by atoms with Crippen LogP contribution >= 0.6 is 0 Å². The van der Waals surface area contributed by atoms with Gasteiger partial charge in [0.15, 0.2) is 0 Å². The van der Waals surface area contributed by atoms with Gasteiger partial charge in [-0.25, -0.2) is 0 Å². The molecule has 2 unspecified atom stereocenters. The Balaban J connectivity index is 0.000000235. The van der Waals surface area contributed by atoms with Crippen molar-refractivity contribution in [3.05, 3.63) is 71.8 Å². The van der Waals surface area contributed by atoms with Crippen molar-refractivity contribution in [3.63, 3.8) is 0 Å². The van der Waals surface area contributed by atoms with E-state index in [9.17, 15) is 4.79 Å². The molecule has 0 N–H and O–H groups in total. The van der Waals surface area contributed by atoms with Gasteiger partial charge in [-0.3, -0.25) is 0 Å². The van der Waals surface area contributed by atoms with Crippen LogP contribution in [0, 0.1) is 11.8 Å². The minimum Gasteiger partial charge on any atom is -0.377 e. The fourth-order valence-electron chi connectivity index (χ4n) is 3.20. The first-order valence-corrected chi connectivity index (χ1v) is 8.54. The van der Waals surface area contributed by atoms with Gasteiger partial charge in [0.05, 0.1) is 6.10 Å². The van der Waals surface area contributed by atoms with Gasteiger partial charge in [0.2, 0.25) is 0 Å². The highest BCUT2D eigenvalue weighted by Gasteiger charge is 2.38. The van der Waals surface area contributed by atoms with Gasteiger partial charge in [-0.2, -0.15) is 0 Å². The molecule has 0 bridgehead atoms. The topological polar surface area (TPSA) is 43.4 Å². The summed E-state index contributed by atoms with van der Waals surface area (Å²) in [5.74, 6) is 1.40. The summed E-state index contributed by atoms with van der Waals surface area (Å²) in [4.78, 5) is 18.7. The van der Waals surface area contributed by atoms with Gasteiger partial charge in [-0.05, 0) is 36.3 Å². The van der Waals surface area contributed by atoms with Crippen LogP contribution in [-0.2, 0) is 14.3 Å². The van der Waals surface area contributed by atoms with Crippen LogP contribution in [0.1, 0.15) is 43.4 Å². The van der Waals surface area contributed by atoms with Crippen LogP contribution < -0.4 is 0 Å². The normalized spacial score (nSPS) is 22.1. The van der Waals surface area contributed by atoms with E-state index in [2.05, 4.69) is 31.2 Å². The quantitative estimate of drug-likeness (QED) is 0.748. The monoisotopic (exact) mass is 340 g/mol. The predicted octanol–water partition coefficient (Wildman–Crippen LogP) is 4.83. The summed E-state index contributed by atoms with van der Waals surface area (Å²) in [6, 6.07) is 20.5. The van der Waals surface area contributed by atoms with E-state index in [0.29, 0.717) is 11.8 Å². The lowest BCUT2D eigenvalue weighted by Gasteiger charge is -2.40. The van der Waals surface area contributed by atoms with E-state index >= 15 is 0 Å². The number of hydrogen-bond acceptors (Lipinski definition) is 3. The molecule has 2 aromatic carbocycles. The first kappa shape index (κ1) is 20.8. The predicted molar refractivity (Wildman–Crippen MR) is 102 cm³/mol. The number of carbonyl (C=O) groups excluding carboxylic acids is 2. The molecule has 0 heterocycles. The first-order chi connectivity index (χ1) is 12.2. The van der Waals surface area contributed by atoms with Crippen molar-refractivity contribution >= 4 is 13.1 Å². The molecule has 0 aliphatic heterocycles. The maximum Gasteiger partial charge on any atom is 0.123 e. The molecule has 0 amide bonds. The Morgan fingerprint density at radius 1 is 1.04 bits per heavy atom. The van der Waals surface area contributed by atoms with E-state index in [1.54, 1.807) is 7.11 Å². The maximum absolute atomic E-state index is 10.7. The summed E-state index contributed by atoms with van der Waals surface area (Å²) in [6.45, 7) is 6.26. The molecule has 4 atom stereocenters. The smallest absolute Gasteiger partial charge is 0.123 e. The van der Waals surface area contributed by atoms with Gasteiger partial charge in [0.1, 0.15) is 13.1 Å². The molecular formula is C22H28O3. The van der Waals surface area contributed by atoms with E-state index in [1.165, 1.54) is 11.1 Å². The third-order valence-corrected chi connectivity index (χ3v) is 4.70. The molecular weight excluding hydrogens is 312 g/mol. The van der Waals surface area contributed by atoms with Crippen molar-refractivity contribution < 1.29 is 14.3 Å². The Morgan fingerprint density at radius 3 is 2.00 bits per heavy atom. The van der Waals surface area contributed by atoms with Crippen LogP contribution in [0.4, 0.5) is 0 Å². The van der Waals surface area contributed by atoms with E-state index in [1.807, 2.05) is 50.1 Å². The van der Waals surface area contributed by atoms with E-state index in [4.69, 9.17) is 9.53 Å². The maximum atomic E-state index is 10.7. The summed E-state index contributed by atoms with van der Waals surface area (Å²) < 4.78 is 5.14. The number of methoxy groups -OCH3 is 1. The second-order valence-corrected chi connectivity index (χ2v) is 6.24. The van der Waals surface area contributed by atoms with Crippen molar-refractivity contribution in [1.29, 1.82) is 0 Å². The molecule has 2 aromatic rings. The average Bonchev–Trinajstić information content (AvgIpc) is 2.68. The minimum atomic E-state index is 0.209. The van der Waals surface area contributed by atoms with Crippen LogP contribution in [0.15, 0.2) is 60.7 Å².